The number of amides is 1. The first-order valence-electron chi connectivity index (χ1n) is 8.00. The summed E-state index contributed by atoms with van der Waals surface area (Å²) in [5.41, 5.74) is 1.77. The van der Waals surface area contributed by atoms with Gasteiger partial charge in [-0.25, -0.2) is 0 Å². The minimum absolute atomic E-state index is 0.00451. The molecule has 1 aromatic carbocycles. The molecule has 23 heavy (non-hydrogen) atoms. The Bertz CT molecular complexity index is 661. The highest BCUT2D eigenvalue weighted by molar-refractivity contribution is 9.10. The van der Waals surface area contributed by atoms with Crippen LogP contribution in [0.3, 0.4) is 0 Å². The molecule has 5 nitrogen and oxygen atoms in total. The quantitative estimate of drug-likeness (QED) is 0.869. The molecular weight excluding hydrogens is 356 g/mol. The summed E-state index contributed by atoms with van der Waals surface area (Å²) >= 11 is 3.45. The number of hydrogen-bond acceptors (Lipinski definition) is 3. The molecule has 2 aromatic rings. The van der Waals surface area contributed by atoms with Crippen LogP contribution >= 0.6 is 15.9 Å². The van der Waals surface area contributed by atoms with Gasteiger partial charge in [0.05, 0.1) is 11.9 Å². The normalized spacial score (nSPS) is 16.4. The van der Waals surface area contributed by atoms with Gasteiger partial charge in [-0.2, -0.15) is 5.10 Å². The molecule has 1 aromatic heterocycles. The SMILES string of the molecule is CCn1cc(NC(=O)C(c2ccc(Br)cc2)N2CCCC2)cn1. The van der Waals surface area contributed by atoms with Gasteiger partial charge < -0.3 is 5.32 Å². The van der Waals surface area contributed by atoms with Crippen LogP contribution in [0.2, 0.25) is 0 Å². The van der Waals surface area contributed by atoms with Crippen molar-refractivity contribution in [3.8, 4) is 0 Å². The van der Waals surface area contributed by atoms with Crippen LogP contribution in [-0.4, -0.2) is 33.7 Å². The van der Waals surface area contributed by atoms with E-state index in [1.807, 2.05) is 37.4 Å². The van der Waals surface area contributed by atoms with Crippen molar-refractivity contribution in [3.63, 3.8) is 0 Å². The maximum atomic E-state index is 12.9. The lowest BCUT2D eigenvalue weighted by Gasteiger charge is -2.26. The number of nitrogens with zero attached hydrogens (tertiary/aromatic N) is 3. The second-order valence-electron chi connectivity index (χ2n) is 5.77. The van der Waals surface area contributed by atoms with E-state index in [2.05, 4.69) is 31.2 Å². The van der Waals surface area contributed by atoms with Gasteiger partial charge in [0.25, 0.3) is 0 Å². The van der Waals surface area contributed by atoms with E-state index < -0.39 is 0 Å². The number of carbonyl (C=O) groups is 1. The van der Waals surface area contributed by atoms with Gasteiger partial charge in [-0.05, 0) is 50.6 Å². The van der Waals surface area contributed by atoms with E-state index in [-0.39, 0.29) is 11.9 Å². The Labute approximate surface area is 144 Å². The van der Waals surface area contributed by atoms with Crippen LogP contribution in [0.1, 0.15) is 31.4 Å². The van der Waals surface area contributed by atoms with E-state index >= 15 is 0 Å². The summed E-state index contributed by atoms with van der Waals surface area (Å²) in [6, 6.07) is 7.75. The Hall–Kier alpha value is -1.66. The van der Waals surface area contributed by atoms with Gasteiger partial charge in [0.15, 0.2) is 0 Å². The molecule has 1 N–H and O–H groups in total. The molecule has 1 unspecified atom stereocenters. The number of aromatic nitrogens is 2. The standard InChI is InChI=1S/C17H21BrN4O/c1-2-22-12-15(11-19-22)20-17(23)16(21-9-3-4-10-21)13-5-7-14(18)8-6-13/h5-8,11-12,16H,2-4,9-10H2,1H3,(H,20,23). The first-order chi connectivity index (χ1) is 11.2. The van der Waals surface area contributed by atoms with Crippen LogP contribution in [-0.2, 0) is 11.3 Å². The minimum atomic E-state index is -0.254. The van der Waals surface area contributed by atoms with Gasteiger partial charge >= 0.3 is 0 Å². The molecule has 0 aliphatic carbocycles. The first-order valence-corrected chi connectivity index (χ1v) is 8.79. The van der Waals surface area contributed by atoms with Crippen molar-refractivity contribution >= 4 is 27.5 Å². The Morgan fingerprint density at radius 1 is 1.30 bits per heavy atom. The van der Waals surface area contributed by atoms with Crippen molar-refractivity contribution < 1.29 is 4.79 Å². The highest BCUT2D eigenvalue weighted by Crippen LogP contribution is 2.27. The number of aryl methyl sites for hydroxylation is 1. The fourth-order valence-corrected chi connectivity index (χ4v) is 3.25. The molecule has 0 bridgehead atoms. The van der Waals surface area contributed by atoms with Crippen molar-refractivity contribution in [3.05, 3.63) is 46.7 Å². The van der Waals surface area contributed by atoms with Crippen LogP contribution in [0.25, 0.3) is 0 Å². The Kier molecular flexibility index (Phi) is 5.13. The third kappa shape index (κ3) is 3.82. The van der Waals surface area contributed by atoms with Crippen LogP contribution in [0.15, 0.2) is 41.1 Å². The summed E-state index contributed by atoms with van der Waals surface area (Å²) < 4.78 is 2.83. The topological polar surface area (TPSA) is 50.2 Å². The number of halogens is 1. The summed E-state index contributed by atoms with van der Waals surface area (Å²) in [5, 5.41) is 7.22. The first kappa shape index (κ1) is 16.2. The molecule has 1 aliphatic rings. The molecular formula is C17H21BrN4O. The predicted molar refractivity (Wildman–Crippen MR) is 94.2 cm³/mol. The fourth-order valence-electron chi connectivity index (χ4n) is 2.98. The lowest BCUT2D eigenvalue weighted by molar-refractivity contribution is -0.121. The summed E-state index contributed by atoms with van der Waals surface area (Å²) in [5.74, 6) is 0.00451. The van der Waals surface area contributed by atoms with Gasteiger partial charge in [-0.1, -0.05) is 28.1 Å². The Morgan fingerprint density at radius 3 is 2.61 bits per heavy atom. The summed E-state index contributed by atoms with van der Waals surface area (Å²) in [6.07, 6.45) is 5.85. The average molecular weight is 377 g/mol. The van der Waals surface area contributed by atoms with Crippen LogP contribution in [0, 0.1) is 0 Å². The van der Waals surface area contributed by atoms with E-state index in [9.17, 15) is 4.79 Å². The smallest absolute Gasteiger partial charge is 0.246 e. The predicted octanol–water partition coefficient (Wildman–Crippen LogP) is 3.44. The molecule has 6 heteroatoms. The molecule has 0 spiro atoms. The molecule has 0 saturated carbocycles. The zero-order valence-electron chi connectivity index (χ0n) is 13.2. The summed E-state index contributed by atoms with van der Waals surface area (Å²) in [7, 11) is 0. The second-order valence-corrected chi connectivity index (χ2v) is 6.69. The van der Waals surface area contributed by atoms with Crippen molar-refractivity contribution in [1.82, 2.24) is 14.7 Å². The van der Waals surface area contributed by atoms with Gasteiger partial charge in [0.1, 0.15) is 6.04 Å². The maximum Gasteiger partial charge on any atom is 0.246 e. The number of benzene rings is 1. The van der Waals surface area contributed by atoms with Crippen molar-refractivity contribution in [2.75, 3.05) is 18.4 Å². The molecule has 122 valence electrons. The highest BCUT2D eigenvalue weighted by atomic mass is 79.9. The third-order valence-electron chi connectivity index (χ3n) is 4.16. The highest BCUT2D eigenvalue weighted by Gasteiger charge is 2.29. The van der Waals surface area contributed by atoms with Crippen LogP contribution in [0.4, 0.5) is 5.69 Å². The number of anilines is 1. The van der Waals surface area contributed by atoms with Crippen molar-refractivity contribution in [1.29, 1.82) is 0 Å². The zero-order chi connectivity index (χ0) is 16.2. The van der Waals surface area contributed by atoms with E-state index in [0.29, 0.717) is 0 Å². The molecule has 1 amide bonds. The molecule has 1 aliphatic heterocycles. The van der Waals surface area contributed by atoms with Gasteiger partial charge in [-0.15, -0.1) is 0 Å². The Balaban J connectivity index is 1.81. The van der Waals surface area contributed by atoms with Crippen molar-refractivity contribution in [2.24, 2.45) is 0 Å². The van der Waals surface area contributed by atoms with E-state index in [0.717, 1.165) is 48.2 Å². The van der Waals surface area contributed by atoms with Gasteiger partial charge in [0.2, 0.25) is 5.91 Å². The Morgan fingerprint density at radius 2 is 2.00 bits per heavy atom. The number of carbonyl (C=O) groups excluding carboxylic acids is 1. The van der Waals surface area contributed by atoms with E-state index in [4.69, 9.17) is 0 Å². The lowest BCUT2D eigenvalue weighted by Crippen LogP contribution is -2.35. The average Bonchev–Trinajstić information content (AvgIpc) is 3.21. The molecule has 1 fully saturated rings. The fraction of sp³-hybridized carbons (Fsp3) is 0.412. The van der Waals surface area contributed by atoms with Crippen LogP contribution < -0.4 is 5.32 Å². The summed E-state index contributed by atoms with van der Waals surface area (Å²) in [6.45, 7) is 4.73. The summed E-state index contributed by atoms with van der Waals surface area (Å²) in [4.78, 5) is 15.1. The number of rotatable bonds is 5. The second kappa shape index (κ2) is 7.27. The zero-order valence-corrected chi connectivity index (χ0v) is 14.8. The molecule has 1 saturated heterocycles. The molecule has 1 atom stereocenters. The monoisotopic (exact) mass is 376 g/mol. The van der Waals surface area contributed by atoms with Crippen molar-refractivity contribution in [2.45, 2.75) is 32.4 Å². The van der Waals surface area contributed by atoms with Gasteiger partial charge in [-0.3, -0.25) is 14.4 Å². The third-order valence-corrected chi connectivity index (χ3v) is 4.69. The molecule has 3 rings (SSSR count). The van der Waals surface area contributed by atoms with E-state index in [1.54, 1.807) is 10.9 Å². The number of nitrogens with one attached hydrogen (secondary N) is 1. The molecule has 2 heterocycles. The largest absolute Gasteiger partial charge is 0.322 e. The van der Waals surface area contributed by atoms with Crippen LogP contribution in [0.5, 0.6) is 0 Å². The minimum Gasteiger partial charge on any atom is -0.322 e. The molecule has 0 radical (unpaired) electrons. The maximum absolute atomic E-state index is 12.9. The number of likely N-dealkylation sites (tertiary alicyclic amines) is 1. The lowest BCUT2D eigenvalue weighted by atomic mass is 10.0. The number of hydrogen-bond donors (Lipinski definition) is 1. The van der Waals surface area contributed by atoms with E-state index in [1.165, 1.54) is 0 Å². The van der Waals surface area contributed by atoms with Gasteiger partial charge in [0, 0.05) is 17.2 Å².